The van der Waals surface area contributed by atoms with Gasteiger partial charge in [-0.3, -0.25) is 9.69 Å². The van der Waals surface area contributed by atoms with Gasteiger partial charge in [0.15, 0.2) is 17.1 Å². The number of rotatable bonds is 7. The van der Waals surface area contributed by atoms with Crippen LogP contribution in [0.15, 0.2) is 30.9 Å². The van der Waals surface area contributed by atoms with Gasteiger partial charge in [0, 0.05) is 13.0 Å². The molecule has 0 unspecified atom stereocenters. The maximum atomic E-state index is 13.5. The Hall–Kier alpha value is -2.74. The van der Waals surface area contributed by atoms with Gasteiger partial charge >= 0.3 is 6.09 Å². The third kappa shape index (κ3) is 2.70. The highest BCUT2D eigenvalue weighted by Crippen LogP contribution is 2.55. The van der Waals surface area contributed by atoms with Gasteiger partial charge in [-0.25, -0.2) is 4.79 Å². The summed E-state index contributed by atoms with van der Waals surface area (Å²) >= 11 is 0. The largest absolute Gasteiger partial charge is 0.493 e. The Morgan fingerprint density at radius 3 is 2.83 bits per heavy atom. The molecule has 2 aliphatic heterocycles. The summed E-state index contributed by atoms with van der Waals surface area (Å²) in [7, 11) is 3.08. The number of hydrogen-bond donors (Lipinski definition) is 2. The molecular formula is C22H28N2O6. The first-order chi connectivity index (χ1) is 14.5. The molecule has 2 heterocycles. The fourth-order valence-corrected chi connectivity index (χ4v) is 5.62. The number of carbonyl (C=O) groups is 2. The van der Waals surface area contributed by atoms with E-state index < -0.39 is 35.8 Å². The second kappa shape index (κ2) is 7.50. The number of aliphatic hydroxyl groups excluding tert-OH is 1. The van der Waals surface area contributed by atoms with Crippen molar-refractivity contribution in [1.82, 2.24) is 4.90 Å². The molecule has 1 aromatic carbocycles. The second-order valence-corrected chi connectivity index (χ2v) is 8.19. The molecule has 2 N–H and O–H groups in total. The number of nitrogens with one attached hydrogen (secondary N) is 1. The number of carbonyl (C=O) groups excluding carboxylic acids is 2. The van der Waals surface area contributed by atoms with Crippen LogP contribution in [-0.4, -0.2) is 66.9 Å². The van der Waals surface area contributed by atoms with E-state index in [2.05, 4.69) is 11.9 Å². The van der Waals surface area contributed by atoms with E-state index >= 15 is 0 Å². The first-order valence-electron chi connectivity index (χ1n) is 10.2. The van der Waals surface area contributed by atoms with Gasteiger partial charge in [0.1, 0.15) is 5.78 Å². The van der Waals surface area contributed by atoms with Crippen LogP contribution in [0.4, 0.5) is 10.5 Å². The number of aliphatic hydroxyl groups is 1. The molecule has 1 aromatic rings. The molecule has 4 atom stereocenters. The Labute approximate surface area is 175 Å². The van der Waals surface area contributed by atoms with Gasteiger partial charge < -0.3 is 24.6 Å². The predicted molar refractivity (Wildman–Crippen MR) is 110 cm³/mol. The van der Waals surface area contributed by atoms with Gasteiger partial charge in [0.25, 0.3) is 0 Å². The number of ether oxygens (including phenoxy) is 3. The summed E-state index contributed by atoms with van der Waals surface area (Å²) in [4.78, 5) is 27.9. The summed E-state index contributed by atoms with van der Waals surface area (Å²) in [5.41, 5.74) is -1.43. The normalized spacial score (nSPS) is 32.3. The van der Waals surface area contributed by atoms with Crippen LogP contribution >= 0.6 is 0 Å². The monoisotopic (exact) mass is 416 g/mol. The summed E-state index contributed by atoms with van der Waals surface area (Å²) in [6.07, 6.45) is 3.17. The van der Waals surface area contributed by atoms with Crippen LogP contribution in [0.5, 0.6) is 11.5 Å². The van der Waals surface area contributed by atoms with Crippen molar-refractivity contribution in [3.63, 3.8) is 0 Å². The lowest BCUT2D eigenvalue weighted by molar-refractivity contribution is -0.154. The number of allylic oxidation sites excluding steroid dienone is 1. The van der Waals surface area contributed by atoms with Crippen molar-refractivity contribution in [3.8, 4) is 11.5 Å². The number of piperidine rings is 1. The molecule has 8 heteroatoms. The molecule has 3 fully saturated rings. The lowest BCUT2D eigenvalue weighted by Crippen LogP contribution is -2.72. The van der Waals surface area contributed by atoms with E-state index in [1.54, 1.807) is 36.3 Å². The number of benzene rings is 1. The van der Waals surface area contributed by atoms with Gasteiger partial charge in [-0.15, -0.1) is 6.58 Å². The van der Waals surface area contributed by atoms with Crippen LogP contribution in [0, 0.1) is 5.41 Å². The smallest absolute Gasteiger partial charge is 0.410 e. The molecule has 162 valence electrons. The first kappa shape index (κ1) is 20.5. The molecule has 8 nitrogen and oxygen atoms in total. The van der Waals surface area contributed by atoms with Crippen molar-refractivity contribution in [2.24, 2.45) is 5.41 Å². The number of nitrogens with zero attached hydrogens (tertiary/aromatic N) is 1. The maximum absolute atomic E-state index is 13.5. The summed E-state index contributed by atoms with van der Waals surface area (Å²) in [6.45, 7) is 3.95. The average Bonchev–Trinajstić information content (AvgIpc) is 3.06. The number of para-hydroxylation sites is 1. The topological polar surface area (TPSA) is 97.3 Å². The molecule has 0 spiro atoms. The van der Waals surface area contributed by atoms with Crippen molar-refractivity contribution in [2.75, 3.05) is 32.7 Å². The lowest BCUT2D eigenvalue weighted by Gasteiger charge is -2.55. The number of ketones is 1. The van der Waals surface area contributed by atoms with E-state index in [1.807, 2.05) is 0 Å². The number of amides is 1. The van der Waals surface area contributed by atoms with Crippen LogP contribution < -0.4 is 14.8 Å². The summed E-state index contributed by atoms with van der Waals surface area (Å²) in [6, 6.07) is 4.20. The summed E-state index contributed by atoms with van der Waals surface area (Å²) < 4.78 is 16.7. The van der Waals surface area contributed by atoms with Crippen molar-refractivity contribution < 1.29 is 28.9 Å². The molecule has 1 saturated carbocycles. The number of methoxy groups -OCH3 is 2. The fourth-order valence-electron chi connectivity index (χ4n) is 5.62. The molecular weight excluding hydrogens is 388 g/mol. The van der Waals surface area contributed by atoms with E-state index in [0.29, 0.717) is 43.0 Å². The van der Waals surface area contributed by atoms with Crippen molar-refractivity contribution in [3.05, 3.63) is 30.9 Å². The van der Waals surface area contributed by atoms with E-state index in [4.69, 9.17) is 14.2 Å². The molecule has 3 aliphatic rings. The van der Waals surface area contributed by atoms with Gasteiger partial charge in [-0.2, -0.15) is 0 Å². The van der Waals surface area contributed by atoms with E-state index in [0.717, 1.165) is 0 Å². The Kier molecular flexibility index (Phi) is 5.13. The molecule has 0 radical (unpaired) electrons. The standard InChI is InChI=1S/C22H28N2O6/c1-4-9-21-10-6-11-24-19(21)22(13-25,30-20(24)27)16(12-17(21)26)23-14-7-5-8-15(28-2)18(14)29-3/h4-5,7-8,16,19,23,25H,1,6,9-13H2,2-3H3/t16-,19+,21+,22-/m0/s1. The van der Waals surface area contributed by atoms with E-state index in [-0.39, 0.29) is 12.2 Å². The minimum atomic E-state index is -1.25. The van der Waals surface area contributed by atoms with Crippen LogP contribution in [0.1, 0.15) is 25.7 Å². The highest BCUT2D eigenvalue weighted by atomic mass is 16.6. The Morgan fingerprint density at radius 1 is 1.37 bits per heavy atom. The zero-order chi connectivity index (χ0) is 21.5. The Morgan fingerprint density at radius 2 is 2.17 bits per heavy atom. The van der Waals surface area contributed by atoms with Crippen molar-refractivity contribution in [1.29, 1.82) is 0 Å². The Bertz CT molecular complexity index is 873. The van der Waals surface area contributed by atoms with Gasteiger partial charge in [0.2, 0.25) is 0 Å². The van der Waals surface area contributed by atoms with Gasteiger partial charge in [-0.1, -0.05) is 12.1 Å². The summed E-state index contributed by atoms with van der Waals surface area (Å²) in [5.74, 6) is 1.07. The third-order valence-corrected chi connectivity index (χ3v) is 6.85. The van der Waals surface area contributed by atoms with E-state index in [1.165, 1.54) is 7.11 Å². The van der Waals surface area contributed by atoms with E-state index in [9.17, 15) is 14.7 Å². The summed E-state index contributed by atoms with van der Waals surface area (Å²) in [5, 5.41) is 13.9. The number of anilines is 1. The minimum Gasteiger partial charge on any atom is -0.493 e. The number of hydrogen-bond acceptors (Lipinski definition) is 7. The zero-order valence-corrected chi connectivity index (χ0v) is 17.3. The highest BCUT2D eigenvalue weighted by molar-refractivity contribution is 5.91. The lowest BCUT2D eigenvalue weighted by atomic mass is 9.56. The molecule has 0 bridgehead atoms. The SMILES string of the molecule is C=CC[C@@]12CCCN3C(=O)O[C@@](CO)([C@@H](Nc4cccc(OC)c4OC)CC1=O)[C@H]32. The average molecular weight is 416 g/mol. The first-order valence-corrected chi connectivity index (χ1v) is 10.2. The predicted octanol–water partition coefficient (Wildman–Crippen LogP) is 2.37. The van der Waals surface area contributed by atoms with Gasteiger partial charge in [0.05, 0.1) is 44.0 Å². The van der Waals surface area contributed by atoms with Crippen LogP contribution in [-0.2, 0) is 9.53 Å². The quantitative estimate of drug-likeness (QED) is 0.659. The Balaban J connectivity index is 1.79. The van der Waals surface area contributed by atoms with Crippen LogP contribution in [0.2, 0.25) is 0 Å². The van der Waals surface area contributed by atoms with Crippen molar-refractivity contribution >= 4 is 17.6 Å². The van der Waals surface area contributed by atoms with Crippen LogP contribution in [0.25, 0.3) is 0 Å². The van der Waals surface area contributed by atoms with Gasteiger partial charge in [-0.05, 0) is 31.4 Å². The molecule has 0 aromatic heterocycles. The maximum Gasteiger partial charge on any atom is 0.410 e. The van der Waals surface area contributed by atoms with Crippen LogP contribution in [0.3, 0.4) is 0 Å². The highest BCUT2D eigenvalue weighted by Gasteiger charge is 2.71. The second-order valence-electron chi connectivity index (χ2n) is 8.19. The molecule has 1 amide bonds. The van der Waals surface area contributed by atoms with Crippen molar-refractivity contribution in [2.45, 2.75) is 43.4 Å². The molecule has 30 heavy (non-hydrogen) atoms. The minimum absolute atomic E-state index is 0.0545. The number of Topliss-reactive ketones (excluding diaryl/α,β-unsaturated/α-hetero) is 1. The fraction of sp³-hybridized carbons (Fsp3) is 0.545. The zero-order valence-electron chi connectivity index (χ0n) is 17.3. The molecule has 1 aliphatic carbocycles. The molecule has 4 rings (SSSR count). The third-order valence-electron chi connectivity index (χ3n) is 6.85. The molecule has 2 saturated heterocycles.